The number of nitrogens with zero attached hydrogens (tertiary/aromatic N) is 1. The number of aryl methyl sites for hydroxylation is 1. The number of nitrogens with two attached hydrogens (primary N) is 1. The van der Waals surface area contributed by atoms with E-state index in [-0.39, 0.29) is 0 Å². The minimum Gasteiger partial charge on any atom is -0.473 e. The molecule has 0 fully saturated rings. The van der Waals surface area contributed by atoms with Crippen LogP contribution in [0.2, 0.25) is 5.02 Å². The number of aromatic nitrogens is 1. The van der Waals surface area contributed by atoms with Gasteiger partial charge in [0.1, 0.15) is 6.61 Å². The SMILES string of the molecule is Cc1ccc(CN)c(OCc2ccc(Cl)cc2)n1. The Kier molecular flexibility index (Phi) is 4.18. The van der Waals surface area contributed by atoms with Gasteiger partial charge in [0.15, 0.2) is 0 Å². The van der Waals surface area contributed by atoms with Crippen LogP contribution in [0, 0.1) is 6.92 Å². The summed E-state index contributed by atoms with van der Waals surface area (Å²) in [5, 5.41) is 0.718. The second-order valence-corrected chi connectivity index (χ2v) is 4.47. The van der Waals surface area contributed by atoms with E-state index in [9.17, 15) is 0 Å². The van der Waals surface area contributed by atoms with Gasteiger partial charge in [0.2, 0.25) is 5.88 Å². The fourth-order valence-electron chi connectivity index (χ4n) is 1.57. The summed E-state index contributed by atoms with van der Waals surface area (Å²) in [6.07, 6.45) is 0. The van der Waals surface area contributed by atoms with Crippen LogP contribution in [0.3, 0.4) is 0 Å². The van der Waals surface area contributed by atoms with Gasteiger partial charge in [-0.05, 0) is 30.7 Å². The molecule has 4 heteroatoms. The van der Waals surface area contributed by atoms with Crippen molar-refractivity contribution in [3.05, 3.63) is 58.2 Å². The highest BCUT2D eigenvalue weighted by atomic mass is 35.5. The fraction of sp³-hybridized carbons (Fsp3) is 0.214. The third kappa shape index (κ3) is 3.22. The molecular weight excluding hydrogens is 248 g/mol. The number of hydrogen-bond acceptors (Lipinski definition) is 3. The molecule has 1 aromatic heterocycles. The summed E-state index contributed by atoms with van der Waals surface area (Å²) in [7, 11) is 0. The minimum atomic E-state index is 0.420. The zero-order valence-electron chi connectivity index (χ0n) is 10.2. The molecule has 94 valence electrons. The smallest absolute Gasteiger partial charge is 0.218 e. The molecule has 0 aliphatic heterocycles. The molecule has 0 amide bonds. The molecule has 0 aliphatic rings. The highest BCUT2D eigenvalue weighted by molar-refractivity contribution is 6.30. The second-order valence-electron chi connectivity index (χ2n) is 4.04. The minimum absolute atomic E-state index is 0.420. The first-order valence-electron chi connectivity index (χ1n) is 5.73. The van der Waals surface area contributed by atoms with E-state index in [2.05, 4.69) is 4.98 Å². The van der Waals surface area contributed by atoms with Gasteiger partial charge in [-0.25, -0.2) is 4.98 Å². The van der Waals surface area contributed by atoms with Crippen molar-refractivity contribution < 1.29 is 4.74 Å². The Hall–Kier alpha value is -1.58. The van der Waals surface area contributed by atoms with Gasteiger partial charge in [-0.3, -0.25) is 0 Å². The molecule has 0 saturated carbocycles. The van der Waals surface area contributed by atoms with E-state index >= 15 is 0 Å². The molecule has 0 spiro atoms. The molecular formula is C14H15ClN2O. The molecule has 0 unspecified atom stereocenters. The molecule has 0 radical (unpaired) electrons. The highest BCUT2D eigenvalue weighted by Crippen LogP contribution is 2.17. The Balaban J connectivity index is 2.09. The average Bonchev–Trinajstić information content (AvgIpc) is 2.38. The normalized spacial score (nSPS) is 10.4. The van der Waals surface area contributed by atoms with Crippen LogP contribution in [-0.2, 0) is 13.2 Å². The first-order chi connectivity index (χ1) is 8.69. The fourth-order valence-corrected chi connectivity index (χ4v) is 1.70. The van der Waals surface area contributed by atoms with E-state index in [0.29, 0.717) is 19.0 Å². The number of hydrogen-bond donors (Lipinski definition) is 1. The molecule has 1 aromatic carbocycles. The van der Waals surface area contributed by atoms with E-state index in [1.165, 1.54) is 0 Å². The summed E-state index contributed by atoms with van der Waals surface area (Å²) >= 11 is 5.83. The Bertz CT molecular complexity index is 526. The van der Waals surface area contributed by atoms with E-state index in [1.807, 2.05) is 43.3 Å². The zero-order valence-corrected chi connectivity index (χ0v) is 10.9. The molecule has 2 rings (SSSR count). The number of rotatable bonds is 4. The maximum atomic E-state index is 5.83. The van der Waals surface area contributed by atoms with Crippen molar-refractivity contribution in [3.8, 4) is 5.88 Å². The van der Waals surface area contributed by atoms with Crippen LogP contribution in [0.4, 0.5) is 0 Å². The first kappa shape index (κ1) is 12.9. The Morgan fingerprint density at radius 2 is 1.89 bits per heavy atom. The van der Waals surface area contributed by atoms with Crippen molar-refractivity contribution >= 4 is 11.6 Å². The van der Waals surface area contributed by atoms with Crippen LogP contribution in [-0.4, -0.2) is 4.98 Å². The van der Waals surface area contributed by atoms with Crippen molar-refractivity contribution in [2.45, 2.75) is 20.1 Å². The molecule has 0 atom stereocenters. The van der Waals surface area contributed by atoms with Gasteiger partial charge in [0.25, 0.3) is 0 Å². The second kappa shape index (κ2) is 5.85. The summed E-state index contributed by atoms with van der Waals surface area (Å²) < 4.78 is 5.70. The third-order valence-electron chi connectivity index (χ3n) is 2.59. The molecule has 2 N–H and O–H groups in total. The van der Waals surface area contributed by atoms with Crippen LogP contribution in [0.25, 0.3) is 0 Å². The van der Waals surface area contributed by atoms with Crippen molar-refractivity contribution in [2.24, 2.45) is 5.73 Å². The summed E-state index contributed by atoms with van der Waals surface area (Å²) in [5.41, 5.74) is 8.53. The van der Waals surface area contributed by atoms with Gasteiger partial charge in [0, 0.05) is 22.8 Å². The van der Waals surface area contributed by atoms with Crippen molar-refractivity contribution in [1.29, 1.82) is 0 Å². The summed E-state index contributed by atoms with van der Waals surface area (Å²) in [4.78, 5) is 4.35. The first-order valence-corrected chi connectivity index (χ1v) is 6.10. The highest BCUT2D eigenvalue weighted by Gasteiger charge is 2.04. The van der Waals surface area contributed by atoms with Gasteiger partial charge < -0.3 is 10.5 Å². The lowest BCUT2D eigenvalue weighted by atomic mass is 10.2. The van der Waals surface area contributed by atoms with Crippen LogP contribution in [0.5, 0.6) is 5.88 Å². The lowest BCUT2D eigenvalue weighted by Gasteiger charge is -2.10. The van der Waals surface area contributed by atoms with Crippen molar-refractivity contribution in [2.75, 3.05) is 0 Å². The molecule has 0 bridgehead atoms. The molecule has 0 saturated heterocycles. The number of halogens is 1. The number of benzene rings is 1. The number of ether oxygens (including phenoxy) is 1. The van der Waals surface area contributed by atoms with E-state index in [0.717, 1.165) is 21.8 Å². The van der Waals surface area contributed by atoms with E-state index in [4.69, 9.17) is 22.1 Å². The molecule has 2 aromatic rings. The molecule has 0 aliphatic carbocycles. The summed E-state index contributed by atoms with van der Waals surface area (Å²) in [6.45, 7) is 2.80. The largest absolute Gasteiger partial charge is 0.473 e. The standard InChI is InChI=1S/C14H15ClN2O/c1-10-2-5-12(8-16)14(17-10)18-9-11-3-6-13(15)7-4-11/h2-7H,8-9,16H2,1H3. The molecule has 3 nitrogen and oxygen atoms in total. The van der Waals surface area contributed by atoms with E-state index in [1.54, 1.807) is 0 Å². The lowest BCUT2D eigenvalue weighted by Crippen LogP contribution is -2.05. The Morgan fingerprint density at radius 3 is 2.56 bits per heavy atom. The van der Waals surface area contributed by atoms with Gasteiger partial charge in [0.05, 0.1) is 0 Å². The predicted molar refractivity (Wildman–Crippen MR) is 72.6 cm³/mol. The lowest BCUT2D eigenvalue weighted by molar-refractivity contribution is 0.290. The van der Waals surface area contributed by atoms with E-state index < -0.39 is 0 Å². The number of pyridine rings is 1. The maximum Gasteiger partial charge on any atom is 0.218 e. The van der Waals surface area contributed by atoms with Crippen LogP contribution >= 0.6 is 11.6 Å². The predicted octanol–water partition coefficient (Wildman–Crippen LogP) is 3.08. The van der Waals surface area contributed by atoms with Crippen LogP contribution in [0.1, 0.15) is 16.8 Å². The van der Waals surface area contributed by atoms with Gasteiger partial charge in [-0.1, -0.05) is 29.8 Å². The van der Waals surface area contributed by atoms with Gasteiger partial charge in [-0.2, -0.15) is 0 Å². The summed E-state index contributed by atoms with van der Waals surface area (Å²) in [6, 6.07) is 11.4. The Labute approximate surface area is 112 Å². The summed E-state index contributed by atoms with van der Waals surface area (Å²) in [5.74, 6) is 0.604. The molecule has 1 heterocycles. The van der Waals surface area contributed by atoms with Crippen LogP contribution in [0.15, 0.2) is 36.4 Å². The zero-order chi connectivity index (χ0) is 13.0. The van der Waals surface area contributed by atoms with Gasteiger partial charge in [-0.15, -0.1) is 0 Å². The quantitative estimate of drug-likeness (QED) is 0.921. The van der Waals surface area contributed by atoms with Gasteiger partial charge >= 0.3 is 0 Å². The van der Waals surface area contributed by atoms with Crippen molar-refractivity contribution in [3.63, 3.8) is 0 Å². The topological polar surface area (TPSA) is 48.1 Å². The average molecular weight is 263 g/mol. The monoisotopic (exact) mass is 262 g/mol. The third-order valence-corrected chi connectivity index (χ3v) is 2.84. The van der Waals surface area contributed by atoms with Crippen LogP contribution < -0.4 is 10.5 Å². The van der Waals surface area contributed by atoms with Crippen molar-refractivity contribution in [1.82, 2.24) is 4.98 Å². The maximum absolute atomic E-state index is 5.83. The Morgan fingerprint density at radius 1 is 1.17 bits per heavy atom. The molecule has 18 heavy (non-hydrogen) atoms.